The van der Waals surface area contributed by atoms with Crippen molar-refractivity contribution in [1.29, 1.82) is 0 Å². The SMILES string of the molecule is CC1(CCc2ccc(OC(F)F)cc2)NC(=O)N(Cc2cccc(C(F)(F)F)c2)C1=O. The summed E-state index contributed by atoms with van der Waals surface area (Å²) in [6, 6.07) is 9.65. The van der Waals surface area contributed by atoms with E-state index in [2.05, 4.69) is 10.1 Å². The van der Waals surface area contributed by atoms with Crippen LogP contribution in [0.15, 0.2) is 48.5 Å². The van der Waals surface area contributed by atoms with E-state index in [1.807, 2.05) is 0 Å². The largest absolute Gasteiger partial charge is 0.435 e. The number of alkyl halides is 5. The van der Waals surface area contributed by atoms with Crippen molar-refractivity contribution in [2.75, 3.05) is 0 Å². The maximum atomic E-state index is 12.9. The number of hydrogen-bond acceptors (Lipinski definition) is 3. The van der Waals surface area contributed by atoms with Crippen LogP contribution in [-0.4, -0.2) is 29.0 Å². The second kappa shape index (κ2) is 8.52. The summed E-state index contributed by atoms with van der Waals surface area (Å²) in [4.78, 5) is 26.1. The van der Waals surface area contributed by atoms with Gasteiger partial charge in [0.2, 0.25) is 0 Å². The molecule has 3 amide bonds. The van der Waals surface area contributed by atoms with Crippen molar-refractivity contribution in [3.63, 3.8) is 0 Å². The zero-order valence-electron chi connectivity index (χ0n) is 16.4. The van der Waals surface area contributed by atoms with Gasteiger partial charge >= 0.3 is 18.8 Å². The quantitative estimate of drug-likeness (QED) is 0.497. The van der Waals surface area contributed by atoms with Gasteiger partial charge < -0.3 is 10.1 Å². The van der Waals surface area contributed by atoms with E-state index in [0.717, 1.165) is 22.6 Å². The first kappa shape index (κ1) is 22.5. The van der Waals surface area contributed by atoms with Gasteiger partial charge in [-0.3, -0.25) is 9.69 Å². The monoisotopic (exact) mass is 442 g/mol. The van der Waals surface area contributed by atoms with Gasteiger partial charge in [0.15, 0.2) is 0 Å². The Balaban J connectivity index is 1.66. The van der Waals surface area contributed by atoms with E-state index in [9.17, 15) is 31.5 Å². The molecule has 1 aliphatic heterocycles. The average Bonchev–Trinajstić information content (AvgIpc) is 2.90. The number of imide groups is 1. The fraction of sp³-hybridized carbons (Fsp3) is 0.333. The van der Waals surface area contributed by atoms with Crippen LogP contribution in [0.25, 0.3) is 0 Å². The van der Waals surface area contributed by atoms with E-state index in [4.69, 9.17) is 0 Å². The molecule has 1 atom stereocenters. The van der Waals surface area contributed by atoms with Gasteiger partial charge in [-0.25, -0.2) is 4.79 Å². The second-order valence-corrected chi connectivity index (χ2v) is 7.37. The van der Waals surface area contributed by atoms with Gasteiger partial charge in [0.1, 0.15) is 11.3 Å². The first-order chi connectivity index (χ1) is 14.5. The van der Waals surface area contributed by atoms with E-state index >= 15 is 0 Å². The van der Waals surface area contributed by atoms with Crippen LogP contribution in [-0.2, 0) is 23.9 Å². The summed E-state index contributed by atoms with van der Waals surface area (Å²) in [6.45, 7) is -1.68. The summed E-state index contributed by atoms with van der Waals surface area (Å²) in [7, 11) is 0. The average molecular weight is 442 g/mol. The molecule has 166 valence electrons. The first-order valence-electron chi connectivity index (χ1n) is 9.32. The number of halogens is 5. The van der Waals surface area contributed by atoms with Crippen LogP contribution in [0, 0.1) is 0 Å². The lowest BCUT2D eigenvalue weighted by Gasteiger charge is -2.22. The molecule has 0 bridgehead atoms. The van der Waals surface area contributed by atoms with Crippen LogP contribution in [0.2, 0.25) is 0 Å². The minimum atomic E-state index is -4.53. The molecule has 1 N–H and O–H groups in total. The third-order valence-corrected chi connectivity index (χ3v) is 5.00. The van der Waals surface area contributed by atoms with Crippen molar-refractivity contribution in [3.05, 3.63) is 65.2 Å². The predicted molar refractivity (Wildman–Crippen MR) is 100 cm³/mol. The second-order valence-electron chi connectivity index (χ2n) is 7.37. The third-order valence-electron chi connectivity index (χ3n) is 5.00. The number of benzene rings is 2. The van der Waals surface area contributed by atoms with E-state index in [-0.39, 0.29) is 24.3 Å². The Morgan fingerprint density at radius 2 is 1.74 bits per heavy atom. The minimum absolute atomic E-state index is 0.00229. The molecule has 0 aromatic heterocycles. The number of nitrogens with one attached hydrogen (secondary N) is 1. The summed E-state index contributed by atoms with van der Waals surface area (Å²) in [5, 5.41) is 2.59. The number of nitrogens with zero attached hydrogens (tertiary/aromatic N) is 1. The van der Waals surface area contributed by atoms with Crippen molar-refractivity contribution in [2.45, 2.75) is 44.6 Å². The number of aryl methyl sites for hydroxylation is 1. The zero-order valence-corrected chi connectivity index (χ0v) is 16.4. The van der Waals surface area contributed by atoms with E-state index in [1.54, 1.807) is 12.1 Å². The molecule has 31 heavy (non-hydrogen) atoms. The van der Waals surface area contributed by atoms with Crippen LogP contribution in [0.1, 0.15) is 30.0 Å². The molecule has 0 spiro atoms. The molecular weight excluding hydrogens is 423 g/mol. The summed E-state index contributed by atoms with van der Waals surface area (Å²) in [6.07, 6.45) is -3.96. The normalized spacial score (nSPS) is 19.1. The Bertz CT molecular complexity index is 962. The summed E-state index contributed by atoms with van der Waals surface area (Å²) < 4.78 is 67.4. The number of carbonyl (C=O) groups excluding carboxylic acids is 2. The van der Waals surface area contributed by atoms with Gasteiger partial charge in [-0.2, -0.15) is 22.0 Å². The molecule has 2 aromatic rings. The van der Waals surface area contributed by atoms with Gasteiger partial charge in [0.05, 0.1) is 12.1 Å². The van der Waals surface area contributed by atoms with Crippen LogP contribution >= 0.6 is 0 Å². The molecule has 3 rings (SSSR count). The van der Waals surface area contributed by atoms with E-state index in [0.29, 0.717) is 6.42 Å². The molecule has 0 saturated carbocycles. The zero-order chi connectivity index (χ0) is 22.8. The minimum Gasteiger partial charge on any atom is -0.435 e. The van der Waals surface area contributed by atoms with Gasteiger partial charge in [0.25, 0.3) is 5.91 Å². The maximum Gasteiger partial charge on any atom is 0.416 e. The van der Waals surface area contributed by atoms with Crippen LogP contribution in [0.4, 0.5) is 26.7 Å². The highest BCUT2D eigenvalue weighted by Crippen LogP contribution is 2.31. The molecule has 1 heterocycles. The Morgan fingerprint density at radius 1 is 1.06 bits per heavy atom. The van der Waals surface area contributed by atoms with Crippen molar-refractivity contribution in [3.8, 4) is 5.75 Å². The van der Waals surface area contributed by atoms with Gasteiger partial charge in [-0.1, -0.05) is 24.3 Å². The van der Waals surface area contributed by atoms with Crippen LogP contribution in [0.5, 0.6) is 5.75 Å². The Morgan fingerprint density at radius 3 is 2.35 bits per heavy atom. The molecule has 0 radical (unpaired) electrons. The molecular formula is C21H19F5N2O3. The standard InChI is InChI=1S/C21H19F5N2O3/c1-20(10-9-13-5-7-16(8-6-13)31-18(22)23)17(29)28(19(30)27-20)12-14-3-2-4-15(11-14)21(24,25)26/h2-8,11,18H,9-10,12H2,1H3,(H,27,30). The van der Waals surface area contributed by atoms with Crippen molar-refractivity contribution < 1.29 is 36.3 Å². The molecule has 5 nitrogen and oxygen atoms in total. The Kier molecular flexibility index (Phi) is 6.19. The number of urea groups is 1. The maximum absolute atomic E-state index is 12.9. The molecule has 10 heteroatoms. The highest BCUT2D eigenvalue weighted by Gasteiger charge is 2.47. The van der Waals surface area contributed by atoms with Crippen molar-refractivity contribution in [1.82, 2.24) is 10.2 Å². The molecule has 2 aromatic carbocycles. The number of carbonyl (C=O) groups is 2. The number of ether oxygens (including phenoxy) is 1. The predicted octanol–water partition coefficient (Wildman–Crippen LogP) is 4.75. The lowest BCUT2D eigenvalue weighted by molar-refractivity contribution is -0.137. The highest BCUT2D eigenvalue weighted by atomic mass is 19.4. The lowest BCUT2D eigenvalue weighted by atomic mass is 9.93. The van der Waals surface area contributed by atoms with Gasteiger partial charge in [-0.05, 0) is 55.2 Å². The molecule has 1 saturated heterocycles. The van der Waals surface area contributed by atoms with Crippen molar-refractivity contribution >= 4 is 11.9 Å². The van der Waals surface area contributed by atoms with Crippen molar-refractivity contribution in [2.24, 2.45) is 0 Å². The van der Waals surface area contributed by atoms with Gasteiger partial charge in [0, 0.05) is 0 Å². The smallest absolute Gasteiger partial charge is 0.416 e. The Labute approximate surface area is 174 Å². The molecule has 1 unspecified atom stereocenters. The van der Waals surface area contributed by atoms with Crippen LogP contribution < -0.4 is 10.1 Å². The fourth-order valence-corrected chi connectivity index (χ4v) is 3.32. The summed E-state index contributed by atoms with van der Waals surface area (Å²) in [5.41, 5.74) is -1.19. The first-order valence-corrected chi connectivity index (χ1v) is 9.32. The highest BCUT2D eigenvalue weighted by molar-refractivity contribution is 6.06. The molecule has 0 aliphatic carbocycles. The molecule has 1 fully saturated rings. The number of hydrogen-bond donors (Lipinski definition) is 1. The van der Waals surface area contributed by atoms with Crippen LogP contribution in [0.3, 0.4) is 0 Å². The lowest BCUT2D eigenvalue weighted by Crippen LogP contribution is -2.44. The number of rotatable bonds is 7. The topological polar surface area (TPSA) is 58.6 Å². The third kappa shape index (κ3) is 5.31. The molecule has 1 aliphatic rings. The van der Waals surface area contributed by atoms with E-state index in [1.165, 1.54) is 31.2 Å². The summed E-state index contributed by atoms with van der Waals surface area (Å²) in [5.74, 6) is -0.546. The fourth-order valence-electron chi connectivity index (χ4n) is 3.32. The van der Waals surface area contributed by atoms with Gasteiger partial charge in [-0.15, -0.1) is 0 Å². The number of amides is 3. The van der Waals surface area contributed by atoms with E-state index < -0.39 is 35.8 Å². The summed E-state index contributed by atoms with van der Waals surface area (Å²) >= 11 is 0. The Hall–Kier alpha value is -3.17.